The Kier molecular flexibility index (Phi) is 12.0. The third kappa shape index (κ3) is 8.93. The molecule has 7 rings (SSSR count). The fourth-order valence-corrected chi connectivity index (χ4v) is 8.33. The quantitative estimate of drug-likeness (QED) is 0.0556. The second kappa shape index (κ2) is 17.4. The van der Waals surface area contributed by atoms with Crippen LogP contribution >= 0.6 is 11.3 Å². The molecule has 0 aliphatic heterocycles. The maximum absolute atomic E-state index is 12.0. The van der Waals surface area contributed by atoms with Crippen molar-refractivity contribution in [2.75, 3.05) is 12.4 Å². The van der Waals surface area contributed by atoms with Gasteiger partial charge in [-0.15, -0.1) is 30.7 Å². The number of aryl methyl sites for hydroxylation is 2. The van der Waals surface area contributed by atoms with Crippen molar-refractivity contribution < 1.29 is 35.8 Å². The molecular weight excluding hydrogens is 857 g/mol. The summed E-state index contributed by atoms with van der Waals surface area (Å²) in [6.45, 7) is 5.01. The molecule has 0 amide bonds. The van der Waals surface area contributed by atoms with Crippen LogP contribution in [0.5, 0.6) is 11.6 Å². The minimum Gasteiger partial charge on any atom is -0.493 e. The van der Waals surface area contributed by atoms with Crippen LogP contribution in [0.25, 0.3) is 27.8 Å². The van der Waals surface area contributed by atoms with E-state index >= 15 is 0 Å². The Hall–Kier alpha value is -7.27. The number of fused-ring (bicyclic) bond motifs is 3. The van der Waals surface area contributed by atoms with Gasteiger partial charge >= 0.3 is 0 Å². The SMILES string of the molecule is Cc1ccc(-c2c(N=Nc3ccccc3S(=O)(=O)O)sc(N=Nc3cc(OCCCS(=O)(=O)O)c(N=Nc4c(C)c(C#N)c5nc6ccccc6n5c4O)cc3C)c2C#N)cc1. The zero-order valence-electron chi connectivity index (χ0n) is 32.8. The first-order valence-corrected chi connectivity index (χ1v) is 22.2. The molecule has 0 saturated heterocycles. The molecule has 0 aliphatic rings. The zero-order chi connectivity index (χ0) is 44.3. The lowest BCUT2D eigenvalue weighted by atomic mass is 10.0. The number of nitriles is 2. The highest BCUT2D eigenvalue weighted by Crippen LogP contribution is 2.49. The van der Waals surface area contributed by atoms with Crippen LogP contribution in [0, 0.1) is 43.4 Å². The fourth-order valence-electron chi connectivity index (χ4n) is 6.31. The molecule has 0 radical (unpaired) electrons. The van der Waals surface area contributed by atoms with Crippen molar-refractivity contribution in [2.24, 2.45) is 30.7 Å². The molecule has 312 valence electrons. The molecule has 0 bridgehead atoms. The van der Waals surface area contributed by atoms with Crippen molar-refractivity contribution in [1.82, 2.24) is 9.38 Å². The van der Waals surface area contributed by atoms with Gasteiger partial charge in [0, 0.05) is 17.2 Å². The first kappa shape index (κ1) is 42.8. The van der Waals surface area contributed by atoms with Crippen molar-refractivity contribution in [2.45, 2.75) is 32.1 Å². The summed E-state index contributed by atoms with van der Waals surface area (Å²) in [5.74, 6) is -0.831. The normalized spacial score (nSPS) is 12.2. The molecular formula is C41H32N10O8S3. The average molecular weight is 889 g/mol. The second-order valence-corrected chi connectivity index (χ2v) is 17.6. The van der Waals surface area contributed by atoms with Gasteiger partial charge in [0.25, 0.3) is 20.2 Å². The maximum Gasteiger partial charge on any atom is 0.296 e. The monoisotopic (exact) mass is 888 g/mol. The molecule has 18 nitrogen and oxygen atoms in total. The number of para-hydroxylation sites is 2. The summed E-state index contributed by atoms with van der Waals surface area (Å²) in [6.07, 6.45) is -0.0928. The van der Waals surface area contributed by atoms with Gasteiger partial charge in [-0.25, -0.2) is 4.98 Å². The van der Waals surface area contributed by atoms with E-state index in [0.717, 1.165) is 16.9 Å². The highest BCUT2D eigenvalue weighted by Gasteiger charge is 2.23. The molecule has 0 aliphatic carbocycles. The number of thiophene rings is 1. The van der Waals surface area contributed by atoms with Crippen LogP contribution in [0.4, 0.5) is 32.8 Å². The fraction of sp³-hybridized carbons (Fsp3) is 0.146. The van der Waals surface area contributed by atoms with Gasteiger partial charge in [-0.1, -0.05) is 65.4 Å². The van der Waals surface area contributed by atoms with Crippen LogP contribution in [0.2, 0.25) is 0 Å². The van der Waals surface area contributed by atoms with Gasteiger partial charge in [0.15, 0.2) is 16.3 Å². The summed E-state index contributed by atoms with van der Waals surface area (Å²) in [5, 5.41) is 58.3. The summed E-state index contributed by atoms with van der Waals surface area (Å²) in [6, 6.07) is 27.1. The Morgan fingerprint density at radius 2 is 1.44 bits per heavy atom. The predicted molar refractivity (Wildman–Crippen MR) is 230 cm³/mol. The number of aromatic nitrogens is 2. The average Bonchev–Trinajstić information content (AvgIpc) is 3.79. The zero-order valence-corrected chi connectivity index (χ0v) is 35.2. The minimum atomic E-state index is -4.64. The van der Waals surface area contributed by atoms with Gasteiger partial charge in [-0.2, -0.15) is 27.4 Å². The summed E-state index contributed by atoms with van der Waals surface area (Å²) in [4.78, 5) is 4.06. The third-order valence-electron chi connectivity index (χ3n) is 9.35. The van der Waals surface area contributed by atoms with E-state index in [9.17, 15) is 41.6 Å². The van der Waals surface area contributed by atoms with E-state index in [0.29, 0.717) is 33.3 Å². The Labute approximate surface area is 358 Å². The Bertz CT molecular complexity index is 3330. The van der Waals surface area contributed by atoms with Crippen LogP contribution in [0.3, 0.4) is 0 Å². The molecule has 3 heterocycles. The Morgan fingerprint density at radius 1 is 0.774 bits per heavy atom. The van der Waals surface area contributed by atoms with Crippen molar-refractivity contribution in [3.63, 3.8) is 0 Å². The number of hydrogen-bond acceptors (Lipinski definition) is 16. The topological polar surface area (TPSA) is 277 Å². The number of nitrogens with zero attached hydrogens (tertiary/aromatic N) is 10. The van der Waals surface area contributed by atoms with E-state index in [4.69, 9.17) is 4.74 Å². The summed E-state index contributed by atoms with van der Waals surface area (Å²) in [5.41, 5.74) is 4.52. The molecule has 0 fully saturated rings. The van der Waals surface area contributed by atoms with E-state index in [2.05, 4.69) is 47.8 Å². The van der Waals surface area contributed by atoms with Crippen molar-refractivity contribution >= 4 is 81.0 Å². The maximum atomic E-state index is 12.0. The lowest BCUT2D eigenvalue weighted by molar-refractivity contribution is 0.317. The van der Waals surface area contributed by atoms with Gasteiger partial charge < -0.3 is 9.84 Å². The molecule has 0 saturated carbocycles. The number of azo groups is 3. The van der Waals surface area contributed by atoms with E-state index in [1.54, 1.807) is 56.3 Å². The number of hydrogen-bond donors (Lipinski definition) is 3. The number of benzene rings is 4. The molecule has 21 heteroatoms. The molecule has 3 aromatic heterocycles. The number of rotatable bonds is 13. The summed E-state index contributed by atoms with van der Waals surface area (Å²) >= 11 is 0.954. The Balaban J connectivity index is 1.31. The molecule has 62 heavy (non-hydrogen) atoms. The van der Waals surface area contributed by atoms with E-state index in [1.807, 2.05) is 19.1 Å². The largest absolute Gasteiger partial charge is 0.493 e. The molecule has 0 atom stereocenters. The van der Waals surface area contributed by atoms with Gasteiger partial charge in [0.1, 0.15) is 50.3 Å². The Morgan fingerprint density at radius 3 is 2.15 bits per heavy atom. The van der Waals surface area contributed by atoms with Crippen LogP contribution in [0.15, 0.2) is 121 Å². The van der Waals surface area contributed by atoms with Crippen LogP contribution < -0.4 is 4.74 Å². The van der Waals surface area contributed by atoms with Crippen LogP contribution in [-0.2, 0) is 20.2 Å². The highest BCUT2D eigenvalue weighted by atomic mass is 32.2. The first-order valence-electron chi connectivity index (χ1n) is 18.3. The number of pyridine rings is 1. The van der Waals surface area contributed by atoms with Gasteiger partial charge in [0.05, 0.1) is 29.1 Å². The van der Waals surface area contributed by atoms with Crippen molar-refractivity contribution in [1.29, 1.82) is 10.5 Å². The third-order valence-corrected chi connectivity index (χ3v) is 12.0. The predicted octanol–water partition coefficient (Wildman–Crippen LogP) is 10.7. The molecule has 0 unspecified atom stereocenters. The summed E-state index contributed by atoms with van der Waals surface area (Å²) in [7, 11) is -8.93. The number of ether oxygens (including phenoxy) is 1. The van der Waals surface area contributed by atoms with Crippen molar-refractivity contribution in [3.8, 4) is 34.9 Å². The lowest BCUT2D eigenvalue weighted by Crippen LogP contribution is -2.08. The van der Waals surface area contributed by atoms with Crippen LogP contribution in [-0.4, -0.2) is 52.8 Å². The van der Waals surface area contributed by atoms with Gasteiger partial charge in [-0.3, -0.25) is 13.5 Å². The van der Waals surface area contributed by atoms with E-state index < -0.39 is 30.9 Å². The highest BCUT2D eigenvalue weighted by molar-refractivity contribution is 7.86. The number of aromatic hydroxyl groups is 1. The molecule has 3 N–H and O–H groups in total. The van der Waals surface area contributed by atoms with Gasteiger partial charge in [-0.05, 0) is 68.7 Å². The second-order valence-electron chi connectivity index (χ2n) is 13.6. The van der Waals surface area contributed by atoms with E-state index in [1.165, 1.54) is 34.7 Å². The first-order chi connectivity index (χ1) is 29.6. The molecule has 7 aromatic rings. The van der Waals surface area contributed by atoms with E-state index in [-0.39, 0.29) is 74.2 Å². The van der Waals surface area contributed by atoms with Crippen LogP contribution in [0.1, 0.15) is 34.2 Å². The smallest absolute Gasteiger partial charge is 0.296 e. The number of imidazole rings is 1. The van der Waals surface area contributed by atoms with Crippen molar-refractivity contribution in [3.05, 3.63) is 113 Å². The standard InChI is InChI=1S/C41H32N10O8S3/c1-23-13-15-26(16-14-23)36-28(22-43)39(60-40(36)50-45-30-10-5-7-12-35(30)62(56,57)58)49-46-31-20-34(59-17-8-18-61(53,54)55)32(19-24(31)2)47-48-37-25(3)27(21-42)38-44-29-9-4-6-11-33(29)51(38)41(37)52/h4-7,9-16,19-20,52H,8,17-18H2,1-3H3,(H,53,54,55)(H,56,57,58). The molecule has 4 aromatic carbocycles. The molecule has 0 spiro atoms. The minimum absolute atomic E-state index is 0.0171. The van der Waals surface area contributed by atoms with Gasteiger partial charge in [0.2, 0.25) is 5.88 Å². The lowest BCUT2D eigenvalue weighted by Gasteiger charge is -2.12. The summed E-state index contributed by atoms with van der Waals surface area (Å²) < 4.78 is 73.3.